The molecule has 1 saturated carbocycles. The van der Waals surface area contributed by atoms with Gasteiger partial charge in [0.25, 0.3) is 0 Å². The maximum Gasteiger partial charge on any atom is 0.211 e. The van der Waals surface area contributed by atoms with Crippen LogP contribution in [0.3, 0.4) is 0 Å². The lowest BCUT2D eigenvalue weighted by molar-refractivity contribution is 0.414. The van der Waals surface area contributed by atoms with E-state index < -0.39 is 10.0 Å². The van der Waals surface area contributed by atoms with Crippen LogP contribution in [0.25, 0.3) is 0 Å². The molecule has 0 amide bonds. The highest BCUT2D eigenvalue weighted by molar-refractivity contribution is 7.89. The number of nitrogens with one attached hydrogen (secondary N) is 2. The van der Waals surface area contributed by atoms with Crippen LogP contribution in [0.4, 0.5) is 0 Å². The molecule has 2 atom stereocenters. The summed E-state index contributed by atoms with van der Waals surface area (Å²) in [5.41, 5.74) is 0. The maximum absolute atomic E-state index is 11.7. The molecule has 102 valence electrons. The van der Waals surface area contributed by atoms with E-state index >= 15 is 0 Å². The first-order chi connectivity index (χ1) is 8.05. The Kier molecular flexibility index (Phi) is 6.44. The van der Waals surface area contributed by atoms with Crippen molar-refractivity contribution in [3.63, 3.8) is 0 Å². The van der Waals surface area contributed by atoms with E-state index in [9.17, 15) is 8.42 Å². The second-order valence-electron chi connectivity index (χ2n) is 5.15. The average Bonchev–Trinajstić information content (AvgIpc) is 2.68. The normalized spacial score (nSPS) is 25.3. The van der Waals surface area contributed by atoms with Crippen molar-refractivity contribution in [2.75, 3.05) is 25.9 Å². The van der Waals surface area contributed by atoms with Crippen molar-refractivity contribution < 1.29 is 8.42 Å². The van der Waals surface area contributed by atoms with Crippen molar-refractivity contribution >= 4 is 10.0 Å². The first kappa shape index (κ1) is 14.9. The van der Waals surface area contributed by atoms with E-state index in [4.69, 9.17) is 0 Å². The first-order valence-corrected chi connectivity index (χ1v) is 8.32. The third kappa shape index (κ3) is 5.84. The number of hydrogen-bond donors (Lipinski definition) is 2. The lowest BCUT2D eigenvalue weighted by atomic mass is 9.99. The minimum absolute atomic E-state index is 0.260. The third-order valence-electron chi connectivity index (χ3n) is 3.69. The summed E-state index contributed by atoms with van der Waals surface area (Å²) in [6, 6.07) is 0. The van der Waals surface area contributed by atoms with Crippen molar-refractivity contribution in [2.24, 2.45) is 11.8 Å². The molecule has 5 heteroatoms. The van der Waals surface area contributed by atoms with Gasteiger partial charge in [0.05, 0.1) is 5.75 Å². The molecule has 0 heterocycles. The molecule has 2 N–H and O–H groups in total. The van der Waals surface area contributed by atoms with Gasteiger partial charge in [0.2, 0.25) is 10.0 Å². The Bertz CT molecular complexity index is 304. The largest absolute Gasteiger partial charge is 0.320 e. The fourth-order valence-corrected chi connectivity index (χ4v) is 3.62. The summed E-state index contributed by atoms with van der Waals surface area (Å²) in [6.45, 7) is 3.74. The molecule has 4 nitrogen and oxygen atoms in total. The van der Waals surface area contributed by atoms with Crippen LogP contribution in [0.2, 0.25) is 0 Å². The summed E-state index contributed by atoms with van der Waals surface area (Å²) < 4.78 is 26.2. The van der Waals surface area contributed by atoms with Crippen molar-refractivity contribution in [3.8, 4) is 0 Å². The molecule has 1 fully saturated rings. The van der Waals surface area contributed by atoms with E-state index in [2.05, 4.69) is 17.0 Å². The van der Waals surface area contributed by atoms with E-state index in [1.807, 2.05) is 7.05 Å². The molecule has 0 aromatic heterocycles. The van der Waals surface area contributed by atoms with Gasteiger partial charge in [-0.1, -0.05) is 19.8 Å². The summed E-state index contributed by atoms with van der Waals surface area (Å²) in [4.78, 5) is 0. The fraction of sp³-hybridized carbons (Fsp3) is 1.00. The SMILES string of the molecule is CNCCCCS(=O)(=O)NCC1CCCC1C. The van der Waals surface area contributed by atoms with Gasteiger partial charge in [-0.2, -0.15) is 0 Å². The van der Waals surface area contributed by atoms with Crippen LogP contribution in [-0.4, -0.2) is 34.3 Å². The molecule has 0 saturated heterocycles. The Hall–Kier alpha value is -0.130. The molecule has 0 aromatic rings. The summed E-state index contributed by atoms with van der Waals surface area (Å²) >= 11 is 0. The first-order valence-electron chi connectivity index (χ1n) is 6.67. The standard InChI is InChI=1S/C12H26N2O2S/c1-11-6-5-7-12(11)10-14-17(15,16)9-4-3-8-13-2/h11-14H,3-10H2,1-2H3. The lowest BCUT2D eigenvalue weighted by Crippen LogP contribution is -2.32. The summed E-state index contributed by atoms with van der Waals surface area (Å²) in [6.07, 6.45) is 5.31. The molecule has 1 aliphatic rings. The predicted molar refractivity (Wildman–Crippen MR) is 71.5 cm³/mol. The van der Waals surface area contributed by atoms with Crippen molar-refractivity contribution in [2.45, 2.75) is 39.0 Å². The molecular weight excluding hydrogens is 236 g/mol. The van der Waals surface area contributed by atoms with Gasteiger partial charge in [-0.15, -0.1) is 0 Å². The summed E-state index contributed by atoms with van der Waals surface area (Å²) in [5, 5.41) is 3.02. The number of sulfonamides is 1. The second kappa shape index (κ2) is 7.34. The zero-order valence-electron chi connectivity index (χ0n) is 11.0. The van der Waals surface area contributed by atoms with Crippen molar-refractivity contribution in [1.29, 1.82) is 0 Å². The van der Waals surface area contributed by atoms with Crippen LogP contribution in [0.1, 0.15) is 39.0 Å². The zero-order chi connectivity index (χ0) is 12.7. The van der Waals surface area contributed by atoms with Gasteiger partial charge in [-0.25, -0.2) is 13.1 Å². The zero-order valence-corrected chi connectivity index (χ0v) is 11.9. The van der Waals surface area contributed by atoms with E-state index in [0.717, 1.165) is 19.4 Å². The molecule has 0 bridgehead atoms. The second-order valence-corrected chi connectivity index (χ2v) is 7.07. The highest BCUT2D eigenvalue weighted by atomic mass is 32.2. The van der Waals surface area contributed by atoms with Crippen LogP contribution < -0.4 is 10.0 Å². The van der Waals surface area contributed by atoms with Crippen molar-refractivity contribution in [3.05, 3.63) is 0 Å². The Balaban J connectivity index is 2.19. The Morgan fingerprint density at radius 2 is 2.00 bits per heavy atom. The Morgan fingerprint density at radius 1 is 1.24 bits per heavy atom. The monoisotopic (exact) mass is 262 g/mol. The van der Waals surface area contributed by atoms with Crippen LogP contribution >= 0.6 is 0 Å². The molecule has 0 aromatic carbocycles. The molecule has 1 rings (SSSR count). The van der Waals surface area contributed by atoms with Gasteiger partial charge >= 0.3 is 0 Å². The molecular formula is C12H26N2O2S. The smallest absolute Gasteiger partial charge is 0.211 e. The van der Waals surface area contributed by atoms with Crippen LogP contribution in [0.5, 0.6) is 0 Å². The average molecular weight is 262 g/mol. The third-order valence-corrected chi connectivity index (χ3v) is 5.13. The summed E-state index contributed by atoms with van der Waals surface area (Å²) in [5.74, 6) is 1.47. The van der Waals surface area contributed by atoms with Gasteiger partial charge in [0.1, 0.15) is 0 Å². The van der Waals surface area contributed by atoms with Gasteiger partial charge < -0.3 is 5.32 Å². The highest BCUT2D eigenvalue weighted by Gasteiger charge is 2.24. The van der Waals surface area contributed by atoms with Crippen LogP contribution in [-0.2, 0) is 10.0 Å². The lowest BCUT2D eigenvalue weighted by Gasteiger charge is -2.15. The Labute approximate surface area is 106 Å². The van der Waals surface area contributed by atoms with E-state index in [1.165, 1.54) is 19.3 Å². The van der Waals surface area contributed by atoms with Gasteiger partial charge in [-0.3, -0.25) is 0 Å². The van der Waals surface area contributed by atoms with Gasteiger partial charge in [0.15, 0.2) is 0 Å². The minimum Gasteiger partial charge on any atom is -0.320 e. The van der Waals surface area contributed by atoms with Gasteiger partial charge in [0, 0.05) is 6.54 Å². The molecule has 0 aliphatic heterocycles. The van der Waals surface area contributed by atoms with E-state index in [-0.39, 0.29) is 5.75 Å². The van der Waals surface area contributed by atoms with E-state index in [0.29, 0.717) is 18.4 Å². The predicted octanol–water partition coefficient (Wildman–Crippen LogP) is 1.34. The maximum atomic E-state index is 11.7. The fourth-order valence-electron chi connectivity index (χ4n) is 2.43. The molecule has 1 aliphatic carbocycles. The molecule has 17 heavy (non-hydrogen) atoms. The van der Waals surface area contributed by atoms with Crippen LogP contribution in [0.15, 0.2) is 0 Å². The number of hydrogen-bond acceptors (Lipinski definition) is 3. The van der Waals surface area contributed by atoms with Crippen molar-refractivity contribution in [1.82, 2.24) is 10.0 Å². The Morgan fingerprint density at radius 3 is 2.59 bits per heavy atom. The number of unbranched alkanes of at least 4 members (excludes halogenated alkanes) is 1. The highest BCUT2D eigenvalue weighted by Crippen LogP contribution is 2.30. The molecule has 0 spiro atoms. The topological polar surface area (TPSA) is 58.2 Å². The van der Waals surface area contributed by atoms with Crippen LogP contribution in [0, 0.1) is 11.8 Å². The minimum atomic E-state index is -3.05. The van der Waals surface area contributed by atoms with E-state index in [1.54, 1.807) is 0 Å². The quantitative estimate of drug-likeness (QED) is 0.649. The molecule has 0 radical (unpaired) electrons. The number of rotatable bonds is 8. The van der Waals surface area contributed by atoms with Gasteiger partial charge in [-0.05, 0) is 44.7 Å². The summed E-state index contributed by atoms with van der Waals surface area (Å²) in [7, 11) is -1.17. The molecule has 2 unspecified atom stereocenters.